The Labute approximate surface area is 122 Å². The van der Waals surface area contributed by atoms with Crippen LogP contribution in [0, 0.1) is 5.92 Å². The van der Waals surface area contributed by atoms with Gasteiger partial charge in [-0.25, -0.2) is 0 Å². The standard InChI is InChI=1S/C13H23F3N2O3/c1-2-3-10(4-5-12(20)21)6-7-18-11(19)8-17-9-13(14,15)16/h10,17H,2-9H2,1H3,(H,18,19)(H,20,21). The molecule has 0 aromatic carbocycles. The fourth-order valence-electron chi connectivity index (χ4n) is 1.96. The van der Waals surface area contributed by atoms with Gasteiger partial charge in [0.2, 0.25) is 5.91 Å². The number of rotatable bonds is 11. The van der Waals surface area contributed by atoms with Crippen molar-refractivity contribution in [2.45, 2.75) is 45.2 Å². The van der Waals surface area contributed by atoms with E-state index in [1.807, 2.05) is 12.2 Å². The molecule has 0 fully saturated rings. The topological polar surface area (TPSA) is 78.4 Å². The molecule has 3 N–H and O–H groups in total. The predicted molar refractivity (Wildman–Crippen MR) is 71.8 cm³/mol. The Kier molecular flexibility index (Phi) is 9.77. The maximum absolute atomic E-state index is 11.9. The third-order valence-electron chi connectivity index (χ3n) is 2.95. The van der Waals surface area contributed by atoms with Crippen LogP contribution in [0.25, 0.3) is 0 Å². The van der Waals surface area contributed by atoms with Crippen molar-refractivity contribution in [1.82, 2.24) is 10.6 Å². The summed E-state index contributed by atoms with van der Waals surface area (Å²) >= 11 is 0. The number of alkyl halides is 3. The third-order valence-corrected chi connectivity index (χ3v) is 2.95. The fourth-order valence-corrected chi connectivity index (χ4v) is 1.96. The largest absolute Gasteiger partial charge is 0.481 e. The summed E-state index contributed by atoms with van der Waals surface area (Å²) in [6.07, 6.45) is -1.27. The zero-order valence-corrected chi connectivity index (χ0v) is 12.1. The molecule has 124 valence electrons. The van der Waals surface area contributed by atoms with Gasteiger partial charge in [-0.05, 0) is 18.8 Å². The van der Waals surface area contributed by atoms with Crippen molar-refractivity contribution < 1.29 is 27.9 Å². The van der Waals surface area contributed by atoms with Crippen LogP contribution in [0.3, 0.4) is 0 Å². The molecule has 21 heavy (non-hydrogen) atoms. The van der Waals surface area contributed by atoms with Crippen LogP contribution in [0.15, 0.2) is 0 Å². The minimum atomic E-state index is -4.33. The smallest absolute Gasteiger partial charge is 0.401 e. The van der Waals surface area contributed by atoms with Crippen LogP contribution in [0.5, 0.6) is 0 Å². The van der Waals surface area contributed by atoms with Crippen LogP contribution in [0.2, 0.25) is 0 Å². The number of hydrogen-bond donors (Lipinski definition) is 3. The third kappa shape index (κ3) is 13.4. The highest BCUT2D eigenvalue weighted by Gasteiger charge is 2.26. The summed E-state index contributed by atoms with van der Waals surface area (Å²) in [6.45, 7) is 0.759. The maximum atomic E-state index is 11.9. The van der Waals surface area contributed by atoms with E-state index in [4.69, 9.17) is 5.11 Å². The fraction of sp³-hybridized carbons (Fsp3) is 0.846. The average Bonchev–Trinajstić information content (AvgIpc) is 2.34. The Hall–Kier alpha value is -1.31. The summed E-state index contributed by atoms with van der Waals surface area (Å²) in [5.41, 5.74) is 0. The Morgan fingerprint density at radius 2 is 1.86 bits per heavy atom. The molecular formula is C13H23F3N2O3. The van der Waals surface area contributed by atoms with E-state index in [0.717, 1.165) is 12.8 Å². The zero-order chi connectivity index (χ0) is 16.3. The number of amides is 1. The van der Waals surface area contributed by atoms with Gasteiger partial charge in [0.25, 0.3) is 0 Å². The summed E-state index contributed by atoms with van der Waals surface area (Å²) in [7, 11) is 0. The molecule has 0 bridgehead atoms. The number of carboxylic acid groups (broad SMARTS) is 1. The number of carboxylic acids is 1. The van der Waals surface area contributed by atoms with Crippen LogP contribution in [-0.4, -0.2) is 42.8 Å². The lowest BCUT2D eigenvalue weighted by Crippen LogP contribution is -2.38. The number of aliphatic carboxylic acids is 1. The average molecular weight is 312 g/mol. The molecular weight excluding hydrogens is 289 g/mol. The van der Waals surface area contributed by atoms with E-state index in [-0.39, 0.29) is 18.9 Å². The lowest BCUT2D eigenvalue weighted by Gasteiger charge is -2.15. The van der Waals surface area contributed by atoms with E-state index >= 15 is 0 Å². The molecule has 1 atom stereocenters. The van der Waals surface area contributed by atoms with Gasteiger partial charge in [0.05, 0.1) is 13.1 Å². The van der Waals surface area contributed by atoms with Crippen molar-refractivity contribution in [3.8, 4) is 0 Å². The number of hydrogen-bond acceptors (Lipinski definition) is 3. The van der Waals surface area contributed by atoms with Crippen LogP contribution in [-0.2, 0) is 9.59 Å². The van der Waals surface area contributed by atoms with Crippen LogP contribution in [0.4, 0.5) is 13.2 Å². The number of carbonyl (C=O) groups is 2. The van der Waals surface area contributed by atoms with Gasteiger partial charge in [0, 0.05) is 13.0 Å². The Balaban J connectivity index is 3.81. The summed E-state index contributed by atoms with van der Waals surface area (Å²) in [5, 5.41) is 13.2. The molecule has 0 aliphatic rings. The highest BCUT2D eigenvalue weighted by molar-refractivity contribution is 5.77. The first kappa shape index (κ1) is 19.7. The van der Waals surface area contributed by atoms with Crippen molar-refractivity contribution in [3.05, 3.63) is 0 Å². The van der Waals surface area contributed by atoms with Crippen molar-refractivity contribution in [2.24, 2.45) is 5.92 Å². The molecule has 0 spiro atoms. The molecule has 5 nitrogen and oxygen atoms in total. The number of carbonyl (C=O) groups excluding carboxylic acids is 1. The summed E-state index contributed by atoms with van der Waals surface area (Å²) < 4.78 is 35.6. The summed E-state index contributed by atoms with van der Waals surface area (Å²) in [5.74, 6) is -1.14. The molecule has 0 radical (unpaired) electrons. The van der Waals surface area contributed by atoms with E-state index in [1.54, 1.807) is 0 Å². The molecule has 0 saturated carbocycles. The van der Waals surface area contributed by atoms with Gasteiger partial charge in [-0.15, -0.1) is 0 Å². The Bertz CT molecular complexity index is 322. The van der Waals surface area contributed by atoms with Gasteiger partial charge < -0.3 is 15.7 Å². The van der Waals surface area contributed by atoms with Crippen LogP contribution in [0.1, 0.15) is 39.0 Å². The Morgan fingerprint density at radius 3 is 2.38 bits per heavy atom. The summed E-state index contributed by atoms with van der Waals surface area (Å²) in [4.78, 5) is 21.8. The highest BCUT2D eigenvalue weighted by atomic mass is 19.4. The van der Waals surface area contributed by atoms with Crippen LogP contribution >= 0.6 is 0 Å². The van der Waals surface area contributed by atoms with Gasteiger partial charge in [-0.1, -0.05) is 19.8 Å². The molecule has 0 saturated heterocycles. The molecule has 1 amide bonds. The molecule has 8 heteroatoms. The normalized spacial score (nSPS) is 13.0. The van der Waals surface area contributed by atoms with Crippen LogP contribution < -0.4 is 10.6 Å². The lowest BCUT2D eigenvalue weighted by atomic mass is 9.94. The second-order valence-corrected chi connectivity index (χ2v) is 4.94. The monoisotopic (exact) mass is 312 g/mol. The van der Waals surface area contributed by atoms with Crippen molar-refractivity contribution in [2.75, 3.05) is 19.6 Å². The minimum absolute atomic E-state index is 0.0890. The number of halogens is 3. The van der Waals surface area contributed by atoms with Crippen molar-refractivity contribution in [1.29, 1.82) is 0 Å². The SMILES string of the molecule is CCCC(CCNC(=O)CNCC(F)(F)F)CCC(=O)O. The summed E-state index contributed by atoms with van der Waals surface area (Å²) in [6, 6.07) is 0. The molecule has 0 aromatic rings. The van der Waals surface area contributed by atoms with Crippen molar-refractivity contribution >= 4 is 11.9 Å². The van der Waals surface area contributed by atoms with Gasteiger partial charge in [-0.3, -0.25) is 9.59 Å². The van der Waals surface area contributed by atoms with E-state index in [0.29, 0.717) is 19.4 Å². The van der Waals surface area contributed by atoms with Gasteiger partial charge in [0.15, 0.2) is 0 Å². The Morgan fingerprint density at radius 1 is 1.19 bits per heavy atom. The maximum Gasteiger partial charge on any atom is 0.401 e. The second-order valence-electron chi connectivity index (χ2n) is 4.94. The first-order valence-electron chi connectivity index (χ1n) is 7.00. The van der Waals surface area contributed by atoms with E-state index < -0.39 is 24.6 Å². The molecule has 0 aliphatic heterocycles. The van der Waals surface area contributed by atoms with Crippen molar-refractivity contribution in [3.63, 3.8) is 0 Å². The molecule has 0 heterocycles. The van der Waals surface area contributed by atoms with Gasteiger partial charge in [-0.2, -0.15) is 13.2 Å². The predicted octanol–water partition coefficient (Wildman–Crippen LogP) is 1.93. The minimum Gasteiger partial charge on any atom is -0.481 e. The van der Waals surface area contributed by atoms with Gasteiger partial charge in [0.1, 0.15) is 0 Å². The molecule has 0 aromatic heterocycles. The van der Waals surface area contributed by atoms with E-state index in [1.165, 1.54) is 0 Å². The molecule has 1 unspecified atom stereocenters. The lowest BCUT2D eigenvalue weighted by molar-refractivity contribution is -0.137. The quantitative estimate of drug-likeness (QED) is 0.545. The van der Waals surface area contributed by atoms with E-state index in [9.17, 15) is 22.8 Å². The molecule has 0 aliphatic carbocycles. The highest BCUT2D eigenvalue weighted by Crippen LogP contribution is 2.17. The number of nitrogens with one attached hydrogen (secondary N) is 2. The van der Waals surface area contributed by atoms with E-state index in [2.05, 4.69) is 5.32 Å². The zero-order valence-electron chi connectivity index (χ0n) is 12.1. The van der Waals surface area contributed by atoms with Gasteiger partial charge >= 0.3 is 12.1 Å². The first-order chi connectivity index (χ1) is 9.74. The molecule has 0 rings (SSSR count). The second kappa shape index (κ2) is 10.4. The first-order valence-corrected chi connectivity index (χ1v) is 7.00.